The van der Waals surface area contributed by atoms with E-state index in [1.807, 2.05) is 44.2 Å². The molecule has 0 aliphatic rings. The number of thiophene rings is 1. The van der Waals surface area contributed by atoms with Crippen LogP contribution < -0.4 is 14.8 Å². The fourth-order valence-electron chi connectivity index (χ4n) is 1.98. The van der Waals surface area contributed by atoms with Crippen molar-refractivity contribution >= 4 is 17.2 Å². The van der Waals surface area contributed by atoms with E-state index in [1.54, 1.807) is 18.4 Å². The van der Waals surface area contributed by atoms with Gasteiger partial charge in [-0.3, -0.25) is 4.79 Å². The third-order valence-corrected chi connectivity index (χ3v) is 3.95. The number of amides is 1. The highest BCUT2D eigenvalue weighted by atomic mass is 32.1. The monoisotopic (exact) mass is 305 g/mol. The van der Waals surface area contributed by atoms with Crippen LogP contribution in [0, 0.1) is 13.8 Å². The second-order valence-electron chi connectivity index (χ2n) is 4.61. The summed E-state index contributed by atoms with van der Waals surface area (Å²) in [5, 5.41) is 2.86. The lowest BCUT2D eigenvalue weighted by Crippen LogP contribution is -2.28. The summed E-state index contributed by atoms with van der Waals surface area (Å²) in [6, 6.07) is 9.31. The summed E-state index contributed by atoms with van der Waals surface area (Å²) >= 11 is 1.63. The number of methoxy groups -OCH3 is 1. The Morgan fingerprint density at radius 2 is 2.00 bits per heavy atom. The molecule has 1 aromatic heterocycles. The van der Waals surface area contributed by atoms with E-state index < -0.39 is 0 Å². The first-order valence-electron chi connectivity index (χ1n) is 6.72. The average molecular weight is 305 g/mol. The van der Waals surface area contributed by atoms with E-state index in [9.17, 15) is 4.79 Å². The lowest BCUT2D eigenvalue weighted by molar-refractivity contribution is 0.0947. The van der Waals surface area contributed by atoms with Crippen LogP contribution in [0.25, 0.3) is 0 Å². The maximum Gasteiger partial charge on any atom is 0.252 e. The van der Waals surface area contributed by atoms with Crippen LogP contribution in [-0.2, 0) is 0 Å². The zero-order valence-corrected chi connectivity index (χ0v) is 13.3. The second-order valence-corrected chi connectivity index (χ2v) is 6.07. The summed E-state index contributed by atoms with van der Waals surface area (Å²) in [5.74, 6) is 1.43. The number of benzene rings is 1. The van der Waals surface area contributed by atoms with Gasteiger partial charge in [0.25, 0.3) is 5.91 Å². The van der Waals surface area contributed by atoms with Crippen molar-refractivity contribution in [2.75, 3.05) is 20.3 Å². The molecule has 0 bridgehead atoms. The Morgan fingerprint density at radius 3 is 2.67 bits per heavy atom. The molecule has 0 radical (unpaired) electrons. The molecule has 0 fully saturated rings. The third-order valence-electron chi connectivity index (χ3n) is 2.98. The molecule has 2 aromatic rings. The topological polar surface area (TPSA) is 47.6 Å². The van der Waals surface area contributed by atoms with E-state index in [0.29, 0.717) is 13.2 Å². The Balaban J connectivity index is 1.79. The van der Waals surface area contributed by atoms with Crippen molar-refractivity contribution in [3.8, 4) is 11.5 Å². The first kappa shape index (κ1) is 15.4. The van der Waals surface area contributed by atoms with Crippen LogP contribution in [-0.4, -0.2) is 26.2 Å². The first-order valence-corrected chi connectivity index (χ1v) is 7.54. The normalized spacial score (nSPS) is 10.2. The van der Waals surface area contributed by atoms with Crippen molar-refractivity contribution < 1.29 is 14.3 Å². The van der Waals surface area contributed by atoms with E-state index in [4.69, 9.17) is 9.47 Å². The van der Waals surface area contributed by atoms with E-state index in [0.717, 1.165) is 26.8 Å². The number of nitrogens with one attached hydrogen (secondary N) is 1. The van der Waals surface area contributed by atoms with Crippen LogP contribution in [0.15, 0.2) is 30.3 Å². The lowest BCUT2D eigenvalue weighted by Gasteiger charge is -2.08. The van der Waals surface area contributed by atoms with Crippen molar-refractivity contribution in [1.29, 1.82) is 0 Å². The van der Waals surface area contributed by atoms with Crippen molar-refractivity contribution in [3.05, 3.63) is 45.6 Å². The van der Waals surface area contributed by atoms with Crippen LogP contribution in [0.1, 0.15) is 20.1 Å². The number of hydrogen-bond acceptors (Lipinski definition) is 4. The minimum absolute atomic E-state index is 0.0499. The third kappa shape index (κ3) is 4.23. The van der Waals surface area contributed by atoms with Gasteiger partial charge in [-0.2, -0.15) is 0 Å². The Labute approximate surface area is 128 Å². The first-order chi connectivity index (χ1) is 10.1. The minimum Gasteiger partial charge on any atom is -0.497 e. The maximum atomic E-state index is 12.0. The summed E-state index contributed by atoms with van der Waals surface area (Å²) in [5.41, 5.74) is 0.749. The molecule has 5 heteroatoms. The van der Waals surface area contributed by atoms with Gasteiger partial charge in [0.05, 0.1) is 19.2 Å². The summed E-state index contributed by atoms with van der Waals surface area (Å²) in [6.07, 6.45) is 0. The fraction of sp³-hybridized carbons (Fsp3) is 0.312. The predicted octanol–water partition coefficient (Wildman–Crippen LogP) is 3.18. The Hall–Kier alpha value is -2.01. The Morgan fingerprint density at radius 1 is 1.24 bits per heavy atom. The lowest BCUT2D eigenvalue weighted by atomic mass is 10.2. The van der Waals surface area contributed by atoms with Gasteiger partial charge in [-0.1, -0.05) is 6.07 Å². The van der Waals surface area contributed by atoms with Gasteiger partial charge in [0.15, 0.2) is 0 Å². The van der Waals surface area contributed by atoms with Gasteiger partial charge in [0.1, 0.15) is 18.1 Å². The molecule has 2 rings (SSSR count). The fourth-order valence-corrected chi connectivity index (χ4v) is 2.90. The molecule has 1 aromatic carbocycles. The van der Waals surface area contributed by atoms with Crippen LogP contribution in [0.5, 0.6) is 11.5 Å². The molecule has 0 spiro atoms. The molecule has 1 amide bonds. The van der Waals surface area contributed by atoms with Gasteiger partial charge < -0.3 is 14.8 Å². The molecule has 0 aliphatic heterocycles. The molecule has 1 N–H and O–H groups in total. The smallest absolute Gasteiger partial charge is 0.252 e. The van der Waals surface area contributed by atoms with Gasteiger partial charge in [-0.15, -0.1) is 11.3 Å². The molecule has 0 atom stereocenters. The molecule has 0 unspecified atom stereocenters. The number of aryl methyl sites for hydroxylation is 2. The van der Waals surface area contributed by atoms with E-state index in [1.165, 1.54) is 0 Å². The highest BCUT2D eigenvalue weighted by Crippen LogP contribution is 2.20. The van der Waals surface area contributed by atoms with Crippen molar-refractivity contribution in [1.82, 2.24) is 5.32 Å². The molecule has 4 nitrogen and oxygen atoms in total. The van der Waals surface area contributed by atoms with E-state index in [-0.39, 0.29) is 5.91 Å². The predicted molar refractivity (Wildman–Crippen MR) is 84.6 cm³/mol. The zero-order valence-electron chi connectivity index (χ0n) is 12.4. The van der Waals surface area contributed by atoms with Gasteiger partial charge in [0, 0.05) is 15.8 Å². The number of carbonyl (C=O) groups excluding carboxylic acids is 1. The van der Waals surface area contributed by atoms with Crippen LogP contribution in [0.2, 0.25) is 0 Å². The summed E-state index contributed by atoms with van der Waals surface area (Å²) < 4.78 is 10.7. The van der Waals surface area contributed by atoms with Crippen molar-refractivity contribution in [2.45, 2.75) is 13.8 Å². The van der Waals surface area contributed by atoms with Crippen molar-refractivity contribution in [2.24, 2.45) is 0 Å². The molecular formula is C16H19NO3S. The molecule has 21 heavy (non-hydrogen) atoms. The number of carbonyl (C=O) groups is 1. The van der Waals surface area contributed by atoms with E-state index in [2.05, 4.69) is 5.32 Å². The summed E-state index contributed by atoms with van der Waals surface area (Å²) in [7, 11) is 1.62. The number of ether oxygens (including phenoxy) is 2. The summed E-state index contributed by atoms with van der Waals surface area (Å²) in [4.78, 5) is 14.2. The van der Waals surface area contributed by atoms with Gasteiger partial charge >= 0.3 is 0 Å². The molecule has 0 saturated heterocycles. The average Bonchev–Trinajstić information content (AvgIpc) is 2.82. The van der Waals surface area contributed by atoms with E-state index >= 15 is 0 Å². The van der Waals surface area contributed by atoms with Crippen LogP contribution in [0.4, 0.5) is 0 Å². The molecule has 112 valence electrons. The Bertz CT molecular complexity index is 622. The standard InChI is InChI=1S/C16H19NO3S/c1-11-9-15(12(2)21-11)16(18)17-7-8-20-14-6-4-5-13(10-14)19-3/h4-6,9-10H,7-8H2,1-3H3,(H,17,18). The van der Waals surface area contributed by atoms with Crippen molar-refractivity contribution in [3.63, 3.8) is 0 Å². The molecular weight excluding hydrogens is 286 g/mol. The van der Waals surface area contributed by atoms with Gasteiger partial charge in [0.2, 0.25) is 0 Å². The SMILES string of the molecule is COc1cccc(OCCNC(=O)c2cc(C)sc2C)c1. The zero-order chi connectivity index (χ0) is 15.2. The quantitative estimate of drug-likeness (QED) is 0.834. The molecule has 0 saturated carbocycles. The minimum atomic E-state index is -0.0499. The number of hydrogen-bond donors (Lipinski definition) is 1. The maximum absolute atomic E-state index is 12.0. The largest absolute Gasteiger partial charge is 0.497 e. The Kier molecular flexibility index (Phi) is 5.22. The molecule has 0 aliphatic carbocycles. The highest BCUT2D eigenvalue weighted by molar-refractivity contribution is 7.12. The van der Waals surface area contributed by atoms with Gasteiger partial charge in [-0.25, -0.2) is 0 Å². The highest BCUT2D eigenvalue weighted by Gasteiger charge is 2.11. The van der Waals surface area contributed by atoms with Crippen LogP contribution >= 0.6 is 11.3 Å². The second kappa shape index (κ2) is 7.13. The van der Waals surface area contributed by atoms with Crippen LogP contribution in [0.3, 0.4) is 0 Å². The van der Waals surface area contributed by atoms with Gasteiger partial charge in [-0.05, 0) is 32.0 Å². The number of rotatable bonds is 6. The molecule has 1 heterocycles. The summed E-state index contributed by atoms with van der Waals surface area (Å²) in [6.45, 7) is 4.84.